The molecule has 2 fully saturated rings. The molecule has 2 aliphatic heterocycles. The number of amides is 3. The van der Waals surface area contributed by atoms with Gasteiger partial charge in [-0.25, -0.2) is 4.79 Å². The predicted octanol–water partition coefficient (Wildman–Crippen LogP) is 1.40. The normalized spacial score (nSPS) is 21.7. The molecule has 0 aromatic carbocycles. The number of carbonyl (C=O) groups is 2. The molecule has 3 rings (SSSR count). The summed E-state index contributed by atoms with van der Waals surface area (Å²) >= 11 is 0. The molecule has 124 valence electrons. The molecule has 3 amide bonds. The van der Waals surface area contributed by atoms with E-state index in [0.717, 1.165) is 38.2 Å². The molecule has 1 aromatic rings. The summed E-state index contributed by atoms with van der Waals surface area (Å²) in [6, 6.07) is 5.91. The lowest BCUT2D eigenvalue weighted by molar-refractivity contribution is -0.141. The van der Waals surface area contributed by atoms with Gasteiger partial charge in [-0.05, 0) is 25.0 Å². The Morgan fingerprint density at radius 3 is 2.61 bits per heavy atom. The Morgan fingerprint density at radius 2 is 1.96 bits per heavy atom. The highest BCUT2D eigenvalue weighted by Crippen LogP contribution is 2.29. The number of likely N-dealkylation sites (tertiary alicyclic amines) is 2. The topological polar surface area (TPSA) is 56.8 Å². The quantitative estimate of drug-likeness (QED) is 0.829. The van der Waals surface area contributed by atoms with Gasteiger partial charge >= 0.3 is 6.03 Å². The van der Waals surface area contributed by atoms with Gasteiger partial charge in [0.2, 0.25) is 5.91 Å². The Kier molecular flexibility index (Phi) is 4.50. The number of piperidine rings is 1. The fraction of sp³-hybridized carbons (Fsp3) is 0.588. The van der Waals surface area contributed by atoms with E-state index in [2.05, 4.69) is 4.98 Å². The molecule has 0 aliphatic carbocycles. The molecule has 6 nitrogen and oxygen atoms in total. The minimum absolute atomic E-state index is 0.00234. The van der Waals surface area contributed by atoms with Crippen LogP contribution in [0.1, 0.15) is 24.5 Å². The van der Waals surface area contributed by atoms with Crippen LogP contribution < -0.4 is 0 Å². The van der Waals surface area contributed by atoms with Crippen LogP contribution in [0.3, 0.4) is 0 Å². The standard InChI is InChI=1S/C17H24N4O2/c1-19(2)17(23)20-9-5-6-13(10-20)16(22)21-11-14(12-21)15-7-3-4-8-18-15/h3-4,7-8,13-14H,5-6,9-12H2,1-2H3. The highest BCUT2D eigenvalue weighted by molar-refractivity contribution is 5.81. The first-order chi connectivity index (χ1) is 11.1. The second-order valence-electron chi connectivity index (χ2n) is 6.66. The first kappa shape index (κ1) is 15.8. The summed E-state index contributed by atoms with van der Waals surface area (Å²) in [5.41, 5.74) is 1.06. The average molecular weight is 316 g/mol. The summed E-state index contributed by atoms with van der Waals surface area (Å²) in [5.74, 6) is 0.481. The lowest BCUT2D eigenvalue weighted by Gasteiger charge is -2.42. The van der Waals surface area contributed by atoms with Crippen molar-refractivity contribution in [3.8, 4) is 0 Å². The van der Waals surface area contributed by atoms with Crippen molar-refractivity contribution in [3.05, 3.63) is 30.1 Å². The first-order valence-corrected chi connectivity index (χ1v) is 8.22. The Morgan fingerprint density at radius 1 is 1.17 bits per heavy atom. The third-order valence-corrected chi connectivity index (χ3v) is 4.72. The molecular weight excluding hydrogens is 292 g/mol. The van der Waals surface area contributed by atoms with Crippen molar-refractivity contribution in [1.82, 2.24) is 19.7 Å². The molecule has 1 aromatic heterocycles. The third-order valence-electron chi connectivity index (χ3n) is 4.72. The monoisotopic (exact) mass is 316 g/mol. The zero-order chi connectivity index (χ0) is 16.4. The lowest BCUT2D eigenvalue weighted by atomic mass is 9.91. The number of hydrogen-bond donors (Lipinski definition) is 0. The van der Waals surface area contributed by atoms with E-state index in [4.69, 9.17) is 0 Å². The van der Waals surface area contributed by atoms with Gasteiger partial charge in [0.05, 0.1) is 5.92 Å². The van der Waals surface area contributed by atoms with Gasteiger partial charge in [-0.2, -0.15) is 0 Å². The van der Waals surface area contributed by atoms with Gasteiger partial charge in [0.15, 0.2) is 0 Å². The molecule has 1 atom stereocenters. The summed E-state index contributed by atoms with van der Waals surface area (Å²) in [6.07, 6.45) is 3.57. The smallest absolute Gasteiger partial charge is 0.319 e. The summed E-state index contributed by atoms with van der Waals surface area (Å²) in [5, 5.41) is 0. The Labute approximate surface area is 137 Å². The van der Waals surface area contributed by atoms with E-state index in [1.807, 2.05) is 23.1 Å². The number of nitrogens with zero attached hydrogens (tertiary/aromatic N) is 4. The molecule has 23 heavy (non-hydrogen) atoms. The maximum atomic E-state index is 12.6. The number of aromatic nitrogens is 1. The fourth-order valence-corrected chi connectivity index (χ4v) is 3.36. The maximum absolute atomic E-state index is 12.6. The number of urea groups is 1. The molecule has 0 saturated carbocycles. The molecule has 6 heteroatoms. The maximum Gasteiger partial charge on any atom is 0.319 e. The zero-order valence-corrected chi connectivity index (χ0v) is 13.8. The van der Waals surface area contributed by atoms with E-state index < -0.39 is 0 Å². The number of carbonyl (C=O) groups excluding carboxylic acids is 2. The minimum atomic E-state index is -0.0580. The van der Waals surface area contributed by atoms with E-state index in [1.165, 1.54) is 0 Å². The Balaban J connectivity index is 1.54. The van der Waals surface area contributed by atoms with Gasteiger partial charge in [0, 0.05) is 58.1 Å². The van der Waals surface area contributed by atoms with Crippen molar-refractivity contribution in [2.24, 2.45) is 5.92 Å². The van der Waals surface area contributed by atoms with Gasteiger partial charge < -0.3 is 14.7 Å². The predicted molar refractivity (Wildman–Crippen MR) is 86.9 cm³/mol. The average Bonchev–Trinajstić information content (AvgIpc) is 2.53. The Hall–Kier alpha value is -2.11. The molecule has 1 unspecified atom stereocenters. The van der Waals surface area contributed by atoms with Crippen LogP contribution in [0.2, 0.25) is 0 Å². The third kappa shape index (κ3) is 3.30. The number of rotatable bonds is 2. The van der Waals surface area contributed by atoms with Crippen molar-refractivity contribution in [2.75, 3.05) is 40.3 Å². The summed E-state index contributed by atoms with van der Waals surface area (Å²) in [7, 11) is 3.50. The van der Waals surface area contributed by atoms with E-state index in [-0.39, 0.29) is 17.9 Å². The fourth-order valence-electron chi connectivity index (χ4n) is 3.36. The number of pyridine rings is 1. The summed E-state index contributed by atoms with van der Waals surface area (Å²) in [4.78, 5) is 34.4. The molecule has 0 spiro atoms. The van der Waals surface area contributed by atoms with Gasteiger partial charge in [-0.15, -0.1) is 0 Å². The van der Waals surface area contributed by atoms with Crippen molar-refractivity contribution in [2.45, 2.75) is 18.8 Å². The first-order valence-electron chi connectivity index (χ1n) is 8.22. The molecule has 0 N–H and O–H groups in total. The molecule has 2 saturated heterocycles. The SMILES string of the molecule is CN(C)C(=O)N1CCCC(C(=O)N2CC(c3ccccn3)C2)C1. The van der Waals surface area contributed by atoms with Crippen LogP contribution >= 0.6 is 0 Å². The lowest BCUT2D eigenvalue weighted by Crippen LogP contribution is -2.54. The van der Waals surface area contributed by atoms with Crippen LogP contribution in [0.15, 0.2) is 24.4 Å². The molecular formula is C17H24N4O2. The molecule has 3 heterocycles. The van der Waals surface area contributed by atoms with Crippen LogP contribution in [-0.4, -0.2) is 71.9 Å². The molecule has 0 radical (unpaired) electrons. The van der Waals surface area contributed by atoms with Gasteiger partial charge in [-0.1, -0.05) is 6.07 Å². The van der Waals surface area contributed by atoms with Crippen LogP contribution in [0.25, 0.3) is 0 Å². The van der Waals surface area contributed by atoms with Crippen LogP contribution in [0.4, 0.5) is 4.79 Å². The van der Waals surface area contributed by atoms with Gasteiger partial charge in [-0.3, -0.25) is 9.78 Å². The second kappa shape index (κ2) is 6.56. The van der Waals surface area contributed by atoms with Crippen molar-refractivity contribution in [1.29, 1.82) is 0 Å². The second-order valence-corrected chi connectivity index (χ2v) is 6.66. The van der Waals surface area contributed by atoms with Crippen LogP contribution in [-0.2, 0) is 4.79 Å². The van der Waals surface area contributed by atoms with E-state index in [1.54, 1.807) is 30.1 Å². The zero-order valence-electron chi connectivity index (χ0n) is 13.8. The summed E-state index contributed by atoms with van der Waals surface area (Å²) < 4.78 is 0. The van der Waals surface area contributed by atoms with Crippen molar-refractivity contribution >= 4 is 11.9 Å². The Bertz CT molecular complexity index is 569. The summed E-state index contributed by atoms with van der Waals surface area (Å²) in [6.45, 7) is 2.78. The van der Waals surface area contributed by atoms with Crippen LogP contribution in [0.5, 0.6) is 0 Å². The molecule has 2 aliphatic rings. The van der Waals surface area contributed by atoms with E-state index in [9.17, 15) is 9.59 Å². The van der Waals surface area contributed by atoms with Crippen molar-refractivity contribution in [3.63, 3.8) is 0 Å². The minimum Gasteiger partial charge on any atom is -0.341 e. The van der Waals surface area contributed by atoms with Crippen molar-refractivity contribution < 1.29 is 9.59 Å². The molecule has 0 bridgehead atoms. The van der Waals surface area contributed by atoms with Gasteiger partial charge in [0.25, 0.3) is 0 Å². The van der Waals surface area contributed by atoms with Crippen LogP contribution in [0, 0.1) is 5.92 Å². The van der Waals surface area contributed by atoms with Gasteiger partial charge in [0.1, 0.15) is 0 Å². The largest absolute Gasteiger partial charge is 0.341 e. The highest BCUT2D eigenvalue weighted by atomic mass is 16.2. The van der Waals surface area contributed by atoms with E-state index >= 15 is 0 Å². The number of hydrogen-bond acceptors (Lipinski definition) is 3. The highest BCUT2D eigenvalue weighted by Gasteiger charge is 2.38. The van der Waals surface area contributed by atoms with E-state index in [0.29, 0.717) is 12.5 Å².